The second-order valence-electron chi connectivity index (χ2n) is 4.10. The molecule has 1 unspecified atom stereocenters. The highest BCUT2D eigenvalue weighted by Crippen LogP contribution is 2.28. The molecule has 1 aromatic rings. The molecule has 1 aromatic carbocycles. The predicted molar refractivity (Wildman–Crippen MR) is 74.2 cm³/mol. The molecule has 19 heavy (non-hydrogen) atoms. The lowest BCUT2D eigenvalue weighted by molar-refractivity contribution is -0.117. The first-order valence-electron chi connectivity index (χ1n) is 6.00. The molecule has 1 atom stereocenters. The minimum atomic E-state index is -0.575. The van der Waals surface area contributed by atoms with Crippen LogP contribution in [0.2, 0.25) is 0 Å². The molecule has 0 bridgehead atoms. The number of hydrogen-bond donors (Lipinski definition) is 3. The molecular formula is C13H19N3O3. The summed E-state index contributed by atoms with van der Waals surface area (Å²) >= 11 is 0. The van der Waals surface area contributed by atoms with Crippen molar-refractivity contribution in [1.29, 1.82) is 0 Å². The van der Waals surface area contributed by atoms with Crippen molar-refractivity contribution in [2.75, 3.05) is 17.7 Å². The highest BCUT2D eigenvalue weighted by Gasteiger charge is 2.14. The Bertz CT molecular complexity index is 474. The van der Waals surface area contributed by atoms with Crippen molar-refractivity contribution in [3.63, 3.8) is 0 Å². The standard InChI is InChI=1S/C13H19N3O3/c1-4-10(14)13(18)16-11-7-9(15-8(2)17)5-6-12(11)19-3/h5-7,10H,4,14H2,1-3H3,(H,15,17)(H,16,18). The van der Waals surface area contributed by atoms with Crippen LogP contribution in [-0.4, -0.2) is 25.0 Å². The summed E-state index contributed by atoms with van der Waals surface area (Å²) in [6, 6.07) is 4.41. The molecule has 6 heteroatoms. The highest BCUT2D eigenvalue weighted by molar-refractivity contribution is 5.97. The zero-order valence-electron chi connectivity index (χ0n) is 11.3. The second-order valence-corrected chi connectivity index (χ2v) is 4.10. The molecule has 0 spiro atoms. The number of amides is 2. The number of anilines is 2. The van der Waals surface area contributed by atoms with E-state index in [1.54, 1.807) is 18.2 Å². The third-order valence-corrected chi connectivity index (χ3v) is 2.55. The fraction of sp³-hybridized carbons (Fsp3) is 0.385. The number of methoxy groups -OCH3 is 1. The molecule has 0 aliphatic heterocycles. The molecule has 0 saturated heterocycles. The van der Waals surface area contributed by atoms with Gasteiger partial charge in [-0.2, -0.15) is 0 Å². The van der Waals surface area contributed by atoms with Crippen LogP contribution < -0.4 is 21.1 Å². The largest absolute Gasteiger partial charge is 0.495 e. The van der Waals surface area contributed by atoms with E-state index in [0.717, 1.165) is 0 Å². The molecular weight excluding hydrogens is 246 g/mol. The van der Waals surface area contributed by atoms with Crippen LogP contribution in [0, 0.1) is 0 Å². The van der Waals surface area contributed by atoms with E-state index in [1.807, 2.05) is 6.92 Å². The second kappa shape index (κ2) is 6.75. The maximum absolute atomic E-state index is 11.8. The van der Waals surface area contributed by atoms with E-state index in [2.05, 4.69) is 10.6 Å². The van der Waals surface area contributed by atoms with Crippen molar-refractivity contribution in [3.8, 4) is 5.75 Å². The Labute approximate surface area is 112 Å². The lowest BCUT2D eigenvalue weighted by Crippen LogP contribution is -2.34. The van der Waals surface area contributed by atoms with Crippen molar-refractivity contribution in [1.82, 2.24) is 0 Å². The van der Waals surface area contributed by atoms with Crippen molar-refractivity contribution in [2.45, 2.75) is 26.3 Å². The fourth-order valence-electron chi connectivity index (χ4n) is 1.50. The van der Waals surface area contributed by atoms with E-state index in [-0.39, 0.29) is 11.8 Å². The number of rotatable bonds is 5. The summed E-state index contributed by atoms with van der Waals surface area (Å²) in [6.45, 7) is 3.24. The lowest BCUT2D eigenvalue weighted by atomic mass is 10.2. The first-order chi connectivity index (χ1) is 8.97. The monoisotopic (exact) mass is 265 g/mol. The molecule has 1 rings (SSSR count). The van der Waals surface area contributed by atoms with Crippen LogP contribution in [0.15, 0.2) is 18.2 Å². The van der Waals surface area contributed by atoms with Crippen LogP contribution >= 0.6 is 0 Å². The zero-order valence-corrected chi connectivity index (χ0v) is 11.3. The van der Waals surface area contributed by atoms with Gasteiger partial charge in [0, 0.05) is 12.6 Å². The smallest absolute Gasteiger partial charge is 0.241 e. The average molecular weight is 265 g/mol. The Balaban J connectivity index is 2.95. The van der Waals surface area contributed by atoms with Crippen molar-refractivity contribution in [3.05, 3.63) is 18.2 Å². The van der Waals surface area contributed by atoms with Gasteiger partial charge in [0.1, 0.15) is 5.75 Å². The van der Waals surface area contributed by atoms with Crippen LogP contribution in [0.4, 0.5) is 11.4 Å². The molecule has 6 nitrogen and oxygen atoms in total. The van der Waals surface area contributed by atoms with Gasteiger partial charge in [0.15, 0.2) is 0 Å². The van der Waals surface area contributed by atoms with Crippen molar-refractivity contribution >= 4 is 23.2 Å². The number of hydrogen-bond acceptors (Lipinski definition) is 4. The molecule has 2 amide bonds. The number of carbonyl (C=O) groups is 2. The first-order valence-corrected chi connectivity index (χ1v) is 6.00. The van der Waals surface area contributed by atoms with E-state index in [0.29, 0.717) is 23.5 Å². The number of ether oxygens (including phenoxy) is 1. The van der Waals surface area contributed by atoms with Gasteiger partial charge in [-0.05, 0) is 24.6 Å². The molecule has 4 N–H and O–H groups in total. The van der Waals surface area contributed by atoms with Crippen LogP contribution in [0.1, 0.15) is 20.3 Å². The van der Waals surface area contributed by atoms with Gasteiger partial charge in [-0.25, -0.2) is 0 Å². The van der Waals surface area contributed by atoms with E-state index in [4.69, 9.17) is 10.5 Å². The predicted octanol–water partition coefficient (Wildman–Crippen LogP) is 1.33. The Morgan fingerprint density at radius 2 is 2.05 bits per heavy atom. The quantitative estimate of drug-likeness (QED) is 0.748. The maximum atomic E-state index is 11.8. The molecule has 0 aromatic heterocycles. The third-order valence-electron chi connectivity index (χ3n) is 2.55. The Morgan fingerprint density at radius 1 is 1.37 bits per heavy atom. The zero-order chi connectivity index (χ0) is 14.4. The van der Waals surface area contributed by atoms with Gasteiger partial charge in [-0.1, -0.05) is 6.92 Å². The van der Waals surface area contributed by atoms with E-state index in [1.165, 1.54) is 14.0 Å². The maximum Gasteiger partial charge on any atom is 0.241 e. The fourth-order valence-corrected chi connectivity index (χ4v) is 1.50. The number of nitrogens with two attached hydrogens (primary N) is 1. The molecule has 104 valence electrons. The molecule has 0 aliphatic carbocycles. The van der Waals surface area contributed by atoms with Crippen molar-refractivity contribution < 1.29 is 14.3 Å². The van der Waals surface area contributed by atoms with Gasteiger partial charge in [0.05, 0.1) is 18.8 Å². The Hall–Kier alpha value is -2.08. The summed E-state index contributed by atoms with van der Waals surface area (Å²) in [5.74, 6) is 0.0271. The van der Waals surface area contributed by atoms with Crippen LogP contribution in [0.25, 0.3) is 0 Å². The Morgan fingerprint density at radius 3 is 2.58 bits per heavy atom. The molecule has 0 radical (unpaired) electrons. The van der Waals surface area contributed by atoms with Gasteiger partial charge < -0.3 is 21.1 Å². The summed E-state index contributed by atoms with van der Waals surface area (Å²) in [5.41, 5.74) is 6.70. The van der Waals surface area contributed by atoms with Gasteiger partial charge in [0.2, 0.25) is 11.8 Å². The number of nitrogens with one attached hydrogen (secondary N) is 2. The lowest BCUT2D eigenvalue weighted by Gasteiger charge is -2.14. The van der Waals surface area contributed by atoms with Gasteiger partial charge in [-0.3, -0.25) is 9.59 Å². The molecule has 0 saturated carbocycles. The molecule has 0 aliphatic rings. The van der Waals surface area contributed by atoms with E-state index < -0.39 is 6.04 Å². The Kier molecular flexibility index (Phi) is 5.32. The summed E-state index contributed by atoms with van der Waals surface area (Å²) in [7, 11) is 1.50. The van der Waals surface area contributed by atoms with Crippen LogP contribution in [-0.2, 0) is 9.59 Å². The first kappa shape index (κ1) is 15.0. The summed E-state index contributed by atoms with van der Waals surface area (Å²) in [4.78, 5) is 22.8. The highest BCUT2D eigenvalue weighted by atomic mass is 16.5. The number of carbonyl (C=O) groups excluding carboxylic acids is 2. The van der Waals surface area contributed by atoms with Gasteiger partial charge >= 0.3 is 0 Å². The summed E-state index contributed by atoms with van der Waals surface area (Å²) in [6.07, 6.45) is 0.541. The minimum Gasteiger partial charge on any atom is -0.495 e. The molecule has 0 heterocycles. The van der Waals surface area contributed by atoms with Crippen LogP contribution in [0.3, 0.4) is 0 Å². The SMILES string of the molecule is CCC(N)C(=O)Nc1cc(NC(C)=O)ccc1OC. The topological polar surface area (TPSA) is 93.5 Å². The van der Waals surface area contributed by atoms with E-state index >= 15 is 0 Å². The van der Waals surface area contributed by atoms with Crippen LogP contribution in [0.5, 0.6) is 5.75 Å². The summed E-state index contributed by atoms with van der Waals surface area (Å²) < 4.78 is 5.15. The van der Waals surface area contributed by atoms with Crippen molar-refractivity contribution in [2.24, 2.45) is 5.73 Å². The average Bonchev–Trinajstić information content (AvgIpc) is 2.37. The van der Waals surface area contributed by atoms with Gasteiger partial charge in [0.25, 0.3) is 0 Å². The normalized spacial score (nSPS) is 11.6. The minimum absolute atomic E-state index is 0.187. The van der Waals surface area contributed by atoms with Gasteiger partial charge in [-0.15, -0.1) is 0 Å². The molecule has 0 fully saturated rings. The van der Waals surface area contributed by atoms with E-state index in [9.17, 15) is 9.59 Å². The third kappa shape index (κ3) is 4.26. The summed E-state index contributed by atoms with van der Waals surface area (Å²) in [5, 5.41) is 5.32. The number of benzene rings is 1.